The molecule has 2 unspecified atom stereocenters. The van der Waals surface area contributed by atoms with E-state index in [1.807, 2.05) is 31.2 Å². The van der Waals surface area contributed by atoms with Gasteiger partial charge in [0.05, 0.1) is 25.5 Å². The number of halogens is 1. The quantitative estimate of drug-likeness (QED) is 0.280. The molecular formula is C24H20BrNO5. The third-order valence-electron chi connectivity index (χ3n) is 5.26. The molecule has 158 valence electrons. The Kier molecular flexibility index (Phi) is 6.04. The third-order valence-corrected chi connectivity index (χ3v) is 5.78. The van der Waals surface area contributed by atoms with Crippen molar-refractivity contribution in [1.82, 2.24) is 4.90 Å². The van der Waals surface area contributed by atoms with Crippen molar-refractivity contribution in [2.45, 2.75) is 19.5 Å². The van der Waals surface area contributed by atoms with Crippen LogP contribution in [0.15, 0.2) is 75.8 Å². The van der Waals surface area contributed by atoms with Crippen LogP contribution >= 0.6 is 15.9 Å². The van der Waals surface area contributed by atoms with Crippen LogP contribution in [-0.2, 0) is 16.1 Å². The van der Waals surface area contributed by atoms with Crippen LogP contribution in [0.25, 0.3) is 0 Å². The zero-order valence-electron chi connectivity index (χ0n) is 16.8. The zero-order valence-corrected chi connectivity index (χ0v) is 18.4. The van der Waals surface area contributed by atoms with Gasteiger partial charge in [-0.1, -0.05) is 28.1 Å². The fourth-order valence-corrected chi connectivity index (χ4v) is 4.09. The molecule has 0 aliphatic carbocycles. The number of amides is 1. The molecule has 2 aromatic carbocycles. The van der Waals surface area contributed by atoms with Gasteiger partial charge in [-0.3, -0.25) is 14.4 Å². The smallest absolute Gasteiger partial charge is 0.291 e. The van der Waals surface area contributed by atoms with E-state index < -0.39 is 29.4 Å². The summed E-state index contributed by atoms with van der Waals surface area (Å²) < 4.78 is 11.7. The number of nitrogens with zero attached hydrogens (tertiary/aromatic N) is 1. The number of ketones is 2. The van der Waals surface area contributed by atoms with Crippen LogP contribution in [0.4, 0.5) is 0 Å². The van der Waals surface area contributed by atoms with Gasteiger partial charge in [-0.2, -0.15) is 0 Å². The Hall–Kier alpha value is -3.19. The summed E-state index contributed by atoms with van der Waals surface area (Å²) in [5, 5.41) is 0. The van der Waals surface area contributed by atoms with E-state index in [4.69, 9.17) is 9.15 Å². The average molecular weight is 482 g/mol. The lowest BCUT2D eigenvalue weighted by molar-refractivity contribution is -0.141. The number of Topliss-reactive ketones (excluding diaryl/α,β-unsaturated/α-hetero) is 2. The van der Waals surface area contributed by atoms with E-state index in [0.29, 0.717) is 29.2 Å². The summed E-state index contributed by atoms with van der Waals surface area (Å²) in [6, 6.07) is 16.6. The molecule has 1 saturated heterocycles. The van der Waals surface area contributed by atoms with E-state index >= 15 is 0 Å². The maximum absolute atomic E-state index is 13.4. The molecule has 2 atom stereocenters. The van der Waals surface area contributed by atoms with Crippen molar-refractivity contribution < 1.29 is 23.5 Å². The number of carbonyl (C=O) groups is 3. The van der Waals surface area contributed by atoms with Crippen LogP contribution in [0.5, 0.6) is 5.75 Å². The summed E-state index contributed by atoms with van der Waals surface area (Å²) in [5.41, 5.74) is 1.06. The van der Waals surface area contributed by atoms with E-state index in [9.17, 15) is 14.4 Å². The van der Waals surface area contributed by atoms with Crippen molar-refractivity contribution in [3.63, 3.8) is 0 Å². The number of ether oxygens (including phenoxy) is 1. The Morgan fingerprint density at radius 3 is 2.39 bits per heavy atom. The highest BCUT2D eigenvalue weighted by atomic mass is 79.9. The van der Waals surface area contributed by atoms with E-state index in [-0.39, 0.29) is 6.54 Å². The molecule has 4 rings (SSSR count). The molecule has 7 heteroatoms. The maximum Gasteiger partial charge on any atom is 0.291 e. The number of furan rings is 1. The Bertz CT molecular complexity index is 1090. The second kappa shape index (κ2) is 8.89. The molecule has 1 aliphatic rings. The van der Waals surface area contributed by atoms with Crippen molar-refractivity contribution in [2.24, 2.45) is 5.92 Å². The number of benzene rings is 2. The van der Waals surface area contributed by atoms with Gasteiger partial charge in [-0.15, -0.1) is 0 Å². The number of hydrogen-bond donors (Lipinski definition) is 0. The summed E-state index contributed by atoms with van der Waals surface area (Å²) in [6.45, 7) is 2.49. The monoisotopic (exact) mass is 481 g/mol. The van der Waals surface area contributed by atoms with Crippen molar-refractivity contribution >= 4 is 33.4 Å². The highest BCUT2D eigenvalue weighted by molar-refractivity contribution is 9.10. The van der Waals surface area contributed by atoms with Gasteiger partial charge in [0.15, 0.2) is 5.78 Å². The Morgan fingerprint density at radius 1 is 1.06 bits per heavy atom. The van der Waals surface area contributed by atoms with E-state index in [0.717, 1.165) is 4.47 Å². The van der Waals surface area contributed by atoms with Gasteiger partial charge in [0.2, 0.25) is 5.78 Å². The average Bonchev–Trinajstić information content (AvgIpc) is 3.37. The molecule has 0 radical (unpaired) electrons. The second-order valence-corrected chi connectivity index (χ2v) is 8.09. The molecule has 0 N–H and O–H groups in total. The van der Waals surface area contributed by atoms with Gasteiger partial charge in [0.1, 0.15) is 17.4 Å². The van der Waals surface area contributed by atoms with Crippen LogP contribution in [0.3, 0.4) is 0 Å². The van der Waals surface area contributed by atoms with Crippen LogP contribution in [0, 0.1) is 5.92 Å². The first kappa shape index (κ1) is 21.1. The third kappa shape index (κ3) is 4.18. The molecular weight excluding hydrogens is 462 g/mol. The summed E-state index contributed by atoms with van der Waals surface area (Å²) in [7, 11) is 0. The summed E-state index contributed by atoms with van der Waals surface area (Å²) in [6.07, 6.45) is 1.51. The fraction of sp³-hybridized carbons (Fsp3) is 0.208. The minimum absolute atomic E-state index is 0.103. The van der Waals surface area contributed by atoms with Gasteiger partial charge < -0.3 is 14.1 Å². The normalized spacial score (nSPS) is 18.5. The second-order valence-electron chi connectivity index (χ2n) is 7.17. The molecule has 2 heterocycles. The van der Waals surface area contributed by atoms with E-state index in [1.54, 1.807) is 36.4 Å². The predicted molar refractivity (Wildman–Crippen MR) is 117 cm³/mol. The first-order valence-corrected chi connectivity index (χ1v) is 10.7. The first-order chi connectivity index (χ1) is 15.0. The van der Waals surface area contributed by atoms with Gasteiger partial charge >= 0.3 is 0 Å². The van der Waals surface area contributed by atoms with Crippen molar-refractivity contribution in [2.75, 3.05) is 6.61 Å². The molecule has 3 aromatic rings. The van der Waals surface area contributed by atoms with Crippen molar-refractivity contribution in [3.8, 4) is 5.75 Å². The van der Waals surface area contributed by atoms with Crippen LogP contribution in [0.1, 0.15) is 34.6 Å². The summed E-state index contributed by atoms with van der Waals surface area (Å²) in [5.74, 6) is -1.75. The number of carbonyl (C=O) groups excluding carboxylic acids is 3. The summed E-state index contributed by atoms with van der Waals surface area (Å²) >= 11 is 3.40. The molecule has 0 saturated carbocycles. The van der Waals surface area contributed by atoms with Gasteiger partial charge in [-0.25, -0.2) is 0 Å². The van der Waals surface area contributed by atoms with Gasteiger partial charge in [-0.05, 0) is 61.0 Å². The zero-order chi connectivity index (χ0) is 22.0. The Morgan fingerprint density at radius 2 is 1.77 bits per heavy atom. The van der Waals surface area contributed by atoms with Crippen molar-refractivity contribution in [1.29, 1.82) is 0 Å². The first-order valence-electron chi connectivity index (χ1n) is 9.89. The predicted octanol–water partition coefficient (Wildman–Crippen LogP) is 4.59. The maximum atomic E-state index is 13.4. The Labute approximate surface area is 187 Å². The fourth-order valence-electron chi connectivity index (χ4n) is 3.82. The number of rotatable bonds is 7. The van der Waals surface area contributed by atoms with Crippen molar-refractivity contribution in [3.05, 3.63) is 88.3 Å². The highest BCUT2D eigenvalue weighted by Crippen LogP contribution is 2.39. The minimum Gasteiger partial charge on any atom is -0.494 e. The van der Waals surface area contributed by atoms with Crippen LogP contribution < -0.4 is 4.74 Å². The molecule has 31 heavy (non-hydrogen) atoms. The van der Waals surface area contributed by atoms with E-state index in [2.05, 4.69) is 15.9 Å². The molecule has 1 amide bonds. The topological polar surface area (TPSA) is 76.8 Å². The number of likely N-dealkylation sites (tertiary alicyclic amines) is 1. The largest absolute Gasteiger partial charge is 0.494 e. The number of hydrogen-bond acceptors (Lipinski definition) is 5. The lowest BCUT2D eigenvalue weighted by Gasteiger charge is -2.26. The molecule has 0 bridgehead atoms. The molecule has 1 aliphatic heterocycles. The summed E-state index contributed by atoms with van der Waals surface area (Å²) in [4.78, 5) is 40.7. The van der Waals surface area contributed by atoms with E-state index in [1.165, 1.54) is 11.2 Å². The minimum atomic E-state index is -1.14. The van der Waals surface area contributed by atoms with Gasteiger partial charge in [0, 0.05) is 10.0 Å². The Balaban J connectivity index is 1.72. The molecule has 0 spiro atoms. The molecule has 6 nitrogen and oxygen atoms in total. The standard InChI is InChI=1S/C24H20BrNO5/c1-2-30-18-11-7-16(8-12-18)22(27)20-21(15-5-9-17(25)10-6-15)26(24(29)23(20)28)14-19-4-3-13-31-19/h3-13,20-21H,2,14H2,1H3. The van der Waals surface area contributed by atoms with Gasteiger partial charge in [0.25, 0.3) is 5.91 Å². The molecule has 1 aromatic heterocycles. The highest BCUT2D eigenvalue weighted by Gasteiger charge is 2.51. The van der Waals surface area contributed by atoms with Crippen LogP contribution in [-0.4, -0.2) is 29.0 Å². The van der Waals surface area contributed by atoms with Crippen LogP contribution in [0.2, 0.25) is 0 Å². The SMILES string of the molecule is CCOc1ccc(C(=O)C2C(=O)C(=O)N(Cc3ccco3)C2c2ccc(Br)cc2)cc1. The molecule has 1 fully saturated rings. The lowest BCUT2D eigenvalue weighted by Crippen LogP contribution is -2.30. The lowest BCUT2D eigenvalue weighted by atomic mass is 9.86.